The van der Waals surface area contributed by atoms with E-state index in [9.17, 15) is 0 Å². The molecule has 0 saturated carbocycles. The van der Waals surface area contributed by atoms with Crippen molar-refractivity contribution in [2.24, 2.45) is 0 Å². The summed E-state index contributed by atoms with van der Waals surface area (Å²) >= 11 is 0. The summed E-state index contributed by atoms with van der Waals surface area (Å²) in [5.41, 5.74) is 3.45. The van der Waals surface area contributed by atoms with E-state index in [0.717, 1.165) is 28.6 Å². The van der Waals surface area contributed by atoms with Crippen LogP contribution in [-0.2, 0) is 0 Å². The minimum atomic E-state index is 0.0754. The molecule has 2 N–H and O–H groups in total. The van der Waals surface area contributed by atoms with Crippen LogP contribution in [0, 0.1) is 0 Å². The Labute approximate surface area is 171 Å². The van der Waals surface area contributed by atoms with Crippen molar-refractivity contribution in [1.82, 2.24) is 5.32 Å². The number of rotatable bonds is 6. The van der Waals surface area contributed by atoms with E-state index in [-0.39, 0.29) is 12.1 Å². The molecule has 1 heterocycles. The Hall–Kier alpha value is -3.47. The summed E-state index contributed by atoms with van der Waals surface area (Å²) in [6.07, 6.45) is 0. The molecule has 0 saturated heterocycles. The quantitative estimate of drug-likeness (QED) is 0.681. The number of nitrogens with one attached hydrogen (secondary N) is 2. The summed E-state index contributed by atoms with van der Waals surface area (Å²) in [7, 11) is 5.04. The smallest absolute Gasteiger partial charge is 0.276 e. The molecule has 3 aromatic carbocycles. The van der Waals surface area contributed by atoms with Gasteiger partial charge in [-0.2, -0.15) is 0 Å². The van der Waals surface area contributed by atoms with Gasteiger partial charge in [0.25, 0.3) is 5.84 Å². The second-order valence-electron chi connectivity index (χ2n) is 6.89. The summed E-state index contributed by atoms with van der Waals surface area (Å²) in [6.45, 7) is 0. The Balaban J connectivity index is 1.70. The molecular formula is C24H25N2O3+. The van der Waals surface area contributed by atoms with Crippen molar-refractivity contribution in [1.29, 1.82) is 0 Å². The highest BCUT2D eigenvalue weighted by Gasteiger charge is 2.38. The Bertz CT molecular complexity index is 980. The van der Waals surface area contributed by atoms with Gasteiger partial charge in [-0.3, -0.25) is 10.3 Å². The maximum Gasteiger partial charge on any atom is 0.276 e. The standard InChI is InChI=1S/C24H24N2O3/c1-27-19-10-4-16(5-11-19)22-23(17-6-12-20(28-2)13-7-17)26-24(25-22)18-8-14-21(29-3)15-9-18/h4-15,22-23H,1-3H3,(H,25,26)/p+1/t22-,23+. The van der Waals surface area contributed by atoms with Crippen molar-refractivity contribution >= 4 is 5.84 Å². The number of ether oxygens (including phenoxy) is 3. The van der Waals surface area contributed by atoms with Gasteiger partial charge in [-0.05, 0) is 48.5 Å². The Morgan fingerprint density at radius 2 is 1.07 bits per heavy atom. The Morgan fingerprint density at radius 1 is 0.621 bits per heavy atom. The largest absolute Gasteiger partial charge is 0.497 e. The van der Waals surface area contributed by atoms with Crippen LogP contribution < -0.4 is 24.5 Å². The predicted octanol–water partition coefficient (Wildman–Crippen LogP) is 2.63. The number of benzene rings is 3. The van der Waals surface area contributed by atoms with Gasteiger partial charge in [0, 0.05) is 11.1 Å². The summed E-state index contributed by atoms with van der Waals surface area (Å²) < 4.78 is 15.9. The number of hydrogen-bond donors (Lipinski definition) is 2. The maximum absolute atomic E-state index is 5.31. The van der Waals surface area contributed by atoms with Crippen LogP contribution in [0.3, 0.4) is 0 Å². The highest BCUT2D eigenvalue weighted by Crippen LogP contribution is 2.30. The van der Waals surface area contributed by atoms with Crippen LogP contribution in [0.5, 0.6) is 17.2 Å². The van der Waals surface area contributed by atoms with Gasteiger partial charge in [0.05, 0.1) is 26.9 Å². The summed E-state index contributed by atoms with van der Waals surface area (Å²) in [5.74, 6) is 3.53. The molecule has 0 spiro atoms. The zero-order valence-corrected chi connectivity index (χ0v) is 16.8. The molecular weight excluding hydrogens is 364 g/mol. The second kappa shape index (κ2) is 8.27. The Kier molecular flexibility index (Phi) is 5.38. The first-order valence-corrected chi connectivity index (χ1v) is 9.54. The first-order chi connectivity index (χ1) is 14.2. The molecule has 2 atom stereocenters. The van der Waals surface area contributed by atoms with Gasteiger partial charge in [0.15, 0.2) is 12.1 Å². The molecule has 0 unspecified atom stereocenters. The lowest BCUT2D eigenvalue weighted by atomic mass is 9.94. The molecule has 4 rings (SSSR count). The van der Waals surface area contributed by atoms with Gasteiger partial charge in [-0.15, -0.1) is 0 Å². The van der Waals surface area contributed by atoms with E-state index in [0.29, 0.717) is 0 Å². The average Bonchev–Trinajstić information content (AvgIpc) is 3.24. The monoisotopic (exact) mass is 389 g/mol. The highest BCUT2D eigenvalue weighted by atomic mass is 16.5. The van der Waals surface area contributed by atoms with Crippen LogP contribution in [0.15, 0.2) is 72.8 Å². The fourth-order valence-corrected chi connectivity index (χ4v) is 3.62. The van der Waals surface area contributed by atoms with E-state index < -0.39 is 0 Å². The van der Waals surface area contributed by atoms with Crippen LogP contribution in [0.25, 0.3) is 0 Å². The minimum absolute atomic E-state index is 0.0754. The van der Waals surface area contributed by atoms with E-state index in [4.69, 9.17) is 14.2 Å². The average molecular weight is 389 g/mol. The topological polar surface area (TPSA) is 53.7 Å². The fraction of sp³-hybridized carbons (Fsp3) is 0.208. The Morgan fingerprint density at radius 3 is 1.55 bits per heavy atom. The minimum Gasteiger partial charge on any atom is -0.497 e. The van der Waals surface area contributed by atoms with E-state index in [2.05, 4.69) is 46.7 Å². The zero-order valence-electron chi connectivity index (χ0n) is 16.8. The molecule has 0 fully saturated rings. The van der Waals surface area contributed by atoms with E-state index in [1.807, 2.05) is 36.4 Å². The van der Waals surface area contributed by atoms with Gasteiger partial charge in [0.1, 0.15) is 17.2 Å². The van der Waals surface area contributed by atoms with Crippen LogP contribution in [0.1, 0.15) is 28.8 Å². The molecule has 0 radical (unpaired) electrons. The SMILES string of the molecule is COc1ccc(C2=[NH+][C@H](c3ccc(OC)cc3)[C@H](c3ccc(OC)cc3)N2)cc1. The normalized spacial score (nSPS) is 18.0. The van der Waals surface area contributed by atoms with E-state index >= 15 is 0 Å². The molecule has 29 heavy (non-hydrogen) atoms. The third-order valence-corrected chi connectivity index (χ3v) is 5.26. The first kappa shape index (κ1) is 18.9. The van der Waals surface area contributed by atoms with Crippen molar-refractivity contribution < 1.29 is 19.2 Å². The summed E-state index contributed by atoms with van der Waals surface area (Å²) in [4.78, 5) is 3.67. The zero-order chi connectivity index (χ0) is 20.2. The third kappa shape index (κ3) is 3.90. The molecule has 0 amide bonds. The number of hydrogen-bond acceptors (Lipinski definition) is 4. The van der Waals surface area contributed by atoms with Crippen molar-refractivity contribution in [2.75, 3.05) is 21.3 Å². The van der Waals surface area contributed by atoms with Crippen LogP contribution in [0.4, 0.5) is 0 Å². The molecule has 5 heteroatoms. The molecule has 5 nitrogen and oxygen atoms in total. The molecule has 0 aliphatic carbocycles. The molecule has 3 aromatic rings. The van der Waals surface area contributed by atoms with Crippen molar-refractivity contribution in [2.45, 2.75) is 12.1 Å². The van der Waals surface area contributed by atoms with Gasteiger partial charge < -0.3 is 14.2 Å². The summed E-state index contributed by atoms with van der Waals surface area (Å²) in [6, 6.07) is 24.6. The van der Waals surface area contributed by atoms with E-state index in [1.165, 1.54) is 11.1 Å². The highest BCUT2D eigenvalue weighted by molar-refractivity contribution is 5.95. The molecule has 1 aliphatic heterocycles. The second-order valence-corrected chi connectivity index (χ2v) is 6.89. The molecule has 148 valence electrons. The van der Waals surface area contributed by atoms with Gasteiger partial charge in [-0.25, -0.2) is 0 Å². The number of amidine groups is 1. The van der Waals surface area contributed by atoms with Gasteiger partial charge >= 0.3 is 0 Å². The van der Waals surface area contributed by atoms with Crippen molar-refractivity contribution in [3.8, 4) is 17.2 Å². The molecule has 0 bridgehead atoms. The van der Waals surface area contributed by atoms with Gasteiger partial charge in [0.2, 0.25) is 0 Å². The van der Waals surface area contributed by atoms with E-state index in [1.54, 1.807) is 21.3 Å². The van der Waals surface area contributed by atoms with Crippen molar-refractivity contribution in [3.05, 3.63) is 89.5 Å². The van der Waals surface area contributed by atoms with Gasteiger partial charge in [-0.1, -0.05) is 24.3 Å². The maximum atomic E-state index is 5.31. The fourth-order valence-electron chi connectivity index (χ4n) is 3.62. The summed E-state index contributed by atoms with van der Waals surface area (Å²) in [5, 5.41) is 3.67. The van der Waals surface area contributed by atoms with Crippen LogP contribution >= 0.6 is 0 Å². The van der Waals surface area contributed by atoms with Crippen LogP contribution in [0.2, 0.25) is 0 Å². The number of methoxy groups -OCH3 is 3. The third-order valence-electron chi connectivity index (χ3n) is 5.26. The molecule has 1 aliphatic rings. The lowest BCUT2D eigenvalue weighted by Crippen LogP contribution is -2.72. The lowest BCUT2D eigenvalue weighted by Gasteiger charge is -2.15. The van der Waals surface area contributed by atoms with Crippen LogP contribution in [-0.4, -0.2) is 27.2 Å². The van der Waals surface area contributed by atoms with Crippen molar-refractivity contribution in [3.63, 3.8) is 0 Å². The molecule has 0 aromatic heterocycles. The lowest BCUT2D eigenvalue weighted by molar-refractivity contribution is -0.502. The predicted molar refractivity (Wildman–Crippen MR) is 113 cm³/mol. The first-order valence-electron chi connectivity index (χ1n) is 9.54.